The van der Waals surface area contributed by atoms with Gasteiger partial charge in [0.2, 0.25) is 5.91 Å². The number of hydrogen-bond donors (Lipinski definition) is 1. The van der Waals surface area contributed by atoms with Gasteiger partial charge in [-0.25, -0.2) is 14.2 Å². The number of amides is 1. The van der Waals surface area contributed by atoms with Gasteiger partial charge < -0.3 is 24.1 Å². The maximum atomic E-state index is 15.1. The highest BCUT2D eigenvalue weighted by Gasteiger charge is 2.49. The lowest BCUT2D eigenvalue weighted by atomic mass is 9.81. The van der Waals surface area contributed by atoms with E-state index in [1.807, 2.05) is 26.8 Å². The lowest BCUT2D eigenvalue weighted by Gasteiger charge is -2.37. The lowest BCUT2D eigenvalue weighted by molar-refractivity contribution is -0.187. The fourth-order valence-electron chi connectivity index (χ4n) is 6.65. The molecule has 0 saturated carbocycles. The fourth-order valence-corrected chi connectivity index (χ4v) is 6.65. The second kappa shape index (κ2) is 9.49. The highest BCUT2D eigenvalue weighted by Crippen LogP contribution is 2.46. The summed E-state index contributed by atoms with van der Waals surface area (Å²) in [5.41, 5.74) is 3.80. The molecule has 1 amide bonds. The van der Waals surface area contributed by atoms with E-state index in [0.717, 1.165) is 22.1 Å². The third-order valence-corrected chi connectivity index (χ3v) is 8.39. The Balaban J connectivity index is 1.62. The van der Waals surface area contributed by atoms with Gasteiger partial charge in [-0.1, -0.05) is 6.92 Å². The SMILES string of the molecule is CCC1(OC(C)C)C(=O)OCc2c1cc1n(c2=O)Cc2c-1nc1cc(F)c(C)c3c1c2C(NC(=O)COC)CC3. The summed E-state index contributed by atoms with van der Waals surface area (Å²) in [6, 6.07) is 2.88. The van der Waals surface area contributed by atoms with Gasteiger partial charge in [0, 0.05) is 29.7 Å². The number of aryl methyl sites for hydroxylation is 1. The van der Waals surface area contributed by atoms with Gasteiger partial charge in [0.1, 0.15) is 19.0 Å². The van der Waals surface area contributed by atoms with E-state index in [2.05, 4.69) is 5.32 Å². The fraction of sp³-hybridized carbons (Fsp3) is 0.467. The average Bonchev–Trinajstić information content (AvgIpc) is 3.28. The molecule has 2 atom stereocenters. The topological polar surface area (TPSA) is 109 Å². The van der Waals surface area contributed by atoms with Gasteiger partial charge in [-0.3, -0.25) is 9.59 Å². The Morgan fingerprint density at radius 3 is 2.75 bits per heavy atom. The number of methoxy groups -OCH3 is 1. The molecule has 2 aliphatic heterocycles. The molecule has 0 fully saturated rings. The molecule has 2 unspecified atom stereocenters. The van der Waals surface area contributed by atoms with Gasteiger partial charge in [0.05, 0.1) is 41.2 Å². The van der Waals surface area contributed by atoms with Crippen LogP contribution in [0.2, 0.25) is 0 Å². The van der Waals surface area contributed by atoms with Crippen molar-refractivity contribution in [2.45, 2.75) is 77.9 Å². The van der Waals surface area contributed by atoms with E-state index >= 15 is 4.39 Å². The first-order valence-electron chi connectivity index (χ1n) is 13.7. The predicted octanol–water partition coefficient (Wildman–Crippen LogP) is 3.71. The van der Waals surface area contributed by atoms with E-state index in [9.17, 15) is 14.4 Å². The zero-order valence-electron chi connectivity index (χ0n) is 23.3. The molecule has 210 valence electrons. The number of fused-ring (bicyclic) bond motifs is 5. The molecule has 6 rings (SSSR count). The Kier molecular flexibility index (Phi) is 6.30. The molecule has 40 heavy (non-hydrogen) atoms. The van der Waals surface area contributed by atoms with Crippen LogP contribution in [0.4, 0.5) is 4.39 Å². The van der Waals surface area contributed by atoms with Crippen molar-refractivity contribution in [1.82, 2.24) is 14.9 Å². The Labute approximate surface area is 230 Å². The Morgan fingerprint density at radius 2 is 2.05 bits per heavy atom. The summed E-state index contributed by atoms with van der Waals surface area (Å²) >= 11 is 0. The van der Waals surface area contributed by atoms with E-state index in [1.54, 1.807) is 11.5 Å². The summed E-state index contributed by atoms with van der Waals surface area (Å²) in [7, 11) is 1.46. The maximum absolute atomic E-state index is 15.1. The summed E-state index contributed by atoms with van der Waals surface area (Å²) in [5, 5.41) is 3.89. The van der Waals surface area contributed by atoms with Crippen LogP contribution in [-0.2, 0) is 49.0 Å². The number of carbonyl (C=O) groups excluding carboxylic acids is 2. The molecule has 3 aromatic rings. The van der Waals surface area contributed by atoms with Crippen molar-refractivity contribution in [1.29, 1.82) is 0 Å². The monoisotopic (exact) mass is 549 g/mol. The van der Waals surface area contributed by atoms with Crippen LogP contribution in [0.1, 0.15) is 73.0 Å². The van der Waals surface area contributed by atoms with Crippen LogP contribution in [0.5, 0.6) is 0 Å². The second-order valence-electron chi connectivity index (χ2n) is 11.0. The maximum Gasteiger partial charge on any atom is 0.343 e. The number of carbonyl (C=O) groups is 2. The van der Waals surface area contributed by atoms with Gasteiger partial charge in [0.25, 0.3) is 5.56 Å². The number of nitrogens with one attached hydrogen (secondary N) is 1. The standard InChI is InChI=1S/C30H32FN3O6/c1-6-30(40-14(2)3)19-9-23-27-17(11-34(23)28(36)18(19)12-39-29(30)37)26-21(32-24(35)13-38-5)8-7-16-15(4)20(31)10-22(33-27)25(16)26/h9-10,14,21H,6-8,11-13H2,1-5H3,(H,32,35). The second-order valence-corrected chi connectivity index (χ2v) is 11.0. The molecule has 0 spiro atoms. The summed E-state index contributed by atoms with van der Waals surface area (Å²) in [4.78, 5) is 44.6. The van der Waals surface area contributed by atoms with Crippen LogP contribution in [0.3, 0.4) is 0 Å². The Bertz CT molecular complexity index is 1660. The van der Waals surface area contributed by atoms with E-state index in [-0.39, 0.29) is 55.6 Å². The molecule has 0 bridgehead atoms. The summed E-state index contributed by atoms with van der Waals surface area (Å²) in [6.07, 6.45) is 1.14. The van der Waals surface area contributed by atoms with Crippen LogP contribution >= 0.6 is 0 Å². The van der Waals surface area contributed by atoms with Crippen molar-refractivity contribution in [3.8, 4) is 11.4 Å². The molecule has 0 radical (unpaired) electrons. The molecule has 10 heteroatoms. The number of nitrogens with zero attached hydrogens (tertiary/aromatic N) is 2. The molecule has 1 N–H and O–H groups in total. The van der Waals surface area contributed by atoms with Crippen molar-refractivity contribution >= 4 is 22.8 Å². The van der Waals surface area contributed by atoms with Crippen molar-refractivity contribution in [3.05, 3.63) is 61.7 Å². The third-order valence-electron chi connectivity index (χ3n) is 8.39. The zero-order valence-corrected chi connectivity index (χ0v) is 23.3. The zero-order chi connectivity index (χ0) is 28.5. The van der Waals surface area contributed by atoms with Gasteiger partial charge in [-0.05, 0) is 62.8 Å². The number of cyclic esters (lactones) is 1. The molecule has 1 aromatic carbocycles. The highest BCUT2D eigenvalue weighted by atomic mass is 19.1. The van der Waals surface area contributed by atoms with Crippen LogP contribution in [0.25, 0.3) is 22.3 Å². The van der Waals surface area contributed by atoms with Crippen LogP contribution in [0, 0.1) is 12.7 Å². The summed E-state index contributed by atoms with van der Waals surface area (Å²) < 4.78 is 33.4. The van der Waals surface area contributed by atoms with Crippen molar-refractivity contribution < 1.29 is 28.2 Å². The van der Waals surface area contributed by atoms with Crippen LogP contribution in [-0.4, -0.2) is 41.2 Å². The van der Waals surface area contributed by atoms with Gasteiger partial charge in [-0.15, -0.1) is 0 Å². The predicted molar refractivity (Wildman–Crippen MR) is 144 cm³/mol. The molecule has 2 aromatic heterocycles. The van der Waals surface area contributed by atoms with Crippen LogP contribution in [0.15, 0.2) is 16.9 Å². The molecule has 1 aliphatic carbocycles. The number of halogens is 1. The smallest absolute Gasteiger partial charge is 0.343 e. The van der Waals surface area contributed by atoms with E-state index in [0.29, 0.717) is 46.4 Å². The Hall–Kier alpha value is -3.63. The first-order chi connectivity index (χ1) is 19.1. The quantitative estimate of drug-likeness (QED) is 0.365. The van der Waals surface area contributed by atoms with E-state index in [1.165, 1.54) is 13.2 Å². The summed E-state index contributed by atoms with van der Waals surface area (Å²) in [5.74, 6) is -1.13. The highest BCUT2D eigenvalue weighted by molar-refractivity contribution is 5.94. The molecule has 0 saturated heterocycles. The molecular formula is C30H32FN3O6. The average molecular weight is 550 g/mol. The minimum Gasteiger partial charge on any atom is -0.458 e. The van der Waals surface area contributed by atoms with Gasteiger partial charge in [-0.2, -0.15) is 0 Å². The number of aromatic nitrogens is 2. The van der Waals surface area contributed by atoms with Crippen molar-refractivity contribution in [2.75, 3.05) is 13.7 Å². The van der Waals surface area contributed by atoms with Gasteiger partial charge in [0.15, 0.2) is 5.60 Å². The number of esters is 1. The molecule has 3 aliphatic rings. The number of hydrogen-bond acceptors (Lipinski definition) is 7. The Morgan fingerprint density at radius 1 is 1.27 bits per heavy atom. The minimum atomic E-state index is -1.42. The molecule has 9 nitrogen and oxygen atoms in total. The first kappa shape index (κ1) is 26.6. The number of rotatable bonds is 6. The first-order valence-corrected chi connectivity index (χ1v) is 13.7. The van der Waals surface area contributed by atoms with E-state index < -0.39 is 11.6 Å². The van der Waals surface area contributed by atoms with Crippen molar-refractivity contribution in [3.63, 3.8) is 0 Å². The van der Waals surface area contributed by atoms with Crippen molar-refractivity contribution in [2.24, 2.45) is 0 Å². The largest absolute Gasteiger partial charge is 0.458 e. The number of pyridine rings is 2. The molecular weight excluding hydrogens is 517 g/mol. The lowest BCUT2D eigenvalue weighted by Crippen LogP contribution is -2.47. The number of ether oxygens (including phenoxy) is 3. The molecule has 4 heterocycles. The van der Waals surface area contributed by atoms with E-state index in [4.69, 9.17) is 19.2 Å². The summed E-state index contributed by atoms with van der Waals surface area (Å²) in [6.45, 7) is 7.26. The van der Waals surface area contributed by atoms with Gasteiger partial charge >= 0.3 is 5.97 Å². The number of benzene rings is 1. The normalized spacial score (nSPS) is 20.8. The van der Waals surface area contributed by atoms with Crippen LogP contribution < -0.4 is 10.9 Å². The third kappa shape index (κ3) is 3.72. The minimum absolute atomic E-state index is 0.0857.